The average molecular weight is 348 g/mol. The highest BCUT2D eigenvalue weighted by Crippen LogP contribution is 2.39. The lowest BCUT2D eigenvalue weighted by Gasteiger charge is -2.32. The molecule has 2 heterocycles. The van der Waals surface area contributed by atoms with E-state index in [4.69, 9.17) is 0 Å². The Morgan fingerprint density at radius 2 is 1.92 bits per heavy atom. The van der Waals surface area contributed by atoms with Crippen molar-refractivity contribution in [3.63, 3.8) is 0 Å². The van der Waals surface area contributed by atoms with E-state index in [1.54, 1.807) is 0 Å². The van der Waals surface area contributed by atoms with Crippen LogP contribution in [0, 0.1) is 13.8 Å². The Balaban J connectivity index is 1.65. The van der Waals surface area contributed by atoms with E-state index < -0.39 is 0 Å². The van der Waals surface area contributed by atoms with Crippen LogP contribution in [0.3, 0.4) is 0 Å². The molecular formula is C22H24N2O2. The smallest absolute Gasteiger partial charge is 0.231 e. The van der Waals surface area contributed by atoms with Crippen molar-refractivity contribution in [3.8, 4) is 0 Å². The first-order valence-corrected chi connectivity index (χ1v) is 9.31. The van der Waals surface area contributed by atoms with Crippen molar-refractivity contribution < 1.29 is 9.59 Å². The molecule has 0 radical (unpaired) electrons. The van der Waals surface area contributed by atoms with E-state index in [9.17, 15) is 9.59 Å². The monoisotopic (exact) mass is 348 g/mol. The van der Waals surface area contributed by atoms with Gasteiger partial charge in [0.05, 0.1) is 12.0 Å². The zero-order chi connectivity index (χ0) is 18.3. The van der Waals surface area contributed by atoms with E-state index in [-0.39, 0.29) is 30.2 Å². The predicted molar refractivity (Wildman–Crippen MR) is 102 cm³/mol. The number of aryl methyl sites for hydroxylation is 2. The van der Waals surface area contributed by atoms with Crippen molar-refractivity contribution in [1.82, 2.24) is 4.90 Å². The zero-order valence-corrected chi connectivity index (χ0v) is 15.3. The second-order valence-corrected chi connectivity index (χ2v) is 7.43. The summed E-state index contributed by atoms with van der Waals surface area (Å²) < 4.78 is 0. The summed E-state index contributed by atoms with van der Waals surface area (Å²) in [4.78, 5) is 27.5. The van der Waals surface area contributed by atoms with Gasteiger partial charge in [-0.25, -0.2) is 0 Å². The molecule has 26 heavy (non-hydrogen) atoms. The lowest BCUT2D eigenvalue weighted by molar-refractivity contribution is -0.135. The van der Waals surface area contributed by atoms with Gasteiger partial charge in [0.1, 0.15) is 0 Å². The standard InChI is InChI=1S/C22H24N2O2/c1-14-9-10-16(12-15(14)2)20-8-5-11-24(20)22(26)18-13-21(25)23-19-7-4-3-6-17(18)19/h3-4,6-7,9-10,12,18,20H,5,8,11,13H2,1-2H3,(H,23,25)/t18-,20-/m0/s1. The molecule has 2 atom stereocenters. The molecule has 2 aliphatic heterocycles. The normalized spacial score (nSPS) is 22.1. The van der Waals surface area contributed by atoms with Crippen molar-refractivity contribution in [2.45, 2.75) is 45.1 Å². The number of para-hydroxylation sites is 1. The Morgan fingerprint density at radius 1 is 1.12 bits per heavy atom. The van der Waals surface area contributed by atoms with Crippen LogP contribution in [0.15, 0.2) is 42.5 Å². The van der Waals surface area contributed by atoms with Crippen molar-refractivity contribution in [2.24, 2.45) is 0 Å². The van der Waals surface area contributed by atoms with Gasteiger partial charge in [-0.1, -0.05) is 36.4 Å². The predicted octanol–water partition coefficient (Wildman–Crippen LogP) is 4.09. The van der Waals surface area contributed by atoms with Crippen LogP contribution < -0.4 is 5.32 Å². The van der Waals surface area contributed by atoms with Gasteiger partial charge in [-0.15, -0.1) is 0 Å². The summed E-state index contributed by atoms with van der Waals surface area (Å²) >= 11 is 0. The summed E-state index contributed by atoms with van der Waals surface area (Å²) in [7, 11) is 0. The van der Waals surface area contributed by atoms with Crippen LogP contribution in [0.2, 0.25) is 0 Å². The Hall–Kier alpha value is -2.62. The molecule has 0 unspecified atom stereocenters. The second kappa shape index (κ2) is 6.60. The van der Waals surface area contributed by atoms with Crippen LogP contribution in [-0.2, 0) is 9.59 Å². The van der Waals surface area contributed by atoms with Crippen LogP contribution in [0.1, 0.15) is 53.5 Å². The number of hydrogen-bond acceptors (Lipinski definition) is 2. The number of anilines is 1. The van der Waals surface area contributed by atoms with Gasteiger partial charge in [0.2, 0.25) is 11.8 Å². The molecule has 4 nitrogen and oxygen atoms in total. The molecule has 2 aromatic carbocycles. The number of benzene rings is 2. The van der Waals surface area contributed by atoms with Crippen LogP contribution >= 0.6 is 0 Å². The van der Waals surface area contributed by atoms with Gasteiger partial charge in [0.15, 0.2) is 0 Å². The number of hydrogen-bond donors (Lipinski definition) is 1. The summed E-state index contributed by atoms with van der Waals surface area (Å²) in [6, 6.07) is 14.2. The van der Waals surface area contributed by atoms with Gasteiger partial charge in [0.25, 0.3) is 0 Å². The third-order valence-corrected chi connectivity index (χ3v) is 5.75. The Labute approximate surface area is 154 Å². The number of carbonyl (C=O) groups is 2. The van der Waals surface area contributed by atoms with Gasteiger partial charge in [-0.05, 0) is 55.0 Å². The number of carbonyl (C=O) groups excluding carboxylic acids is 2. The molecule has 1 saturated heterocycles. The van der Waals surface area contributed by atoms with Crippen LogP contribution in [-0.4, -0.2) is 23.3 Å². The fourth-order valence-corrected chi connectivity index (χ4v) is 4.18. The van der Waals surface area contributed by atoms with E-state index in [0.717, 1.165) is 30.6 Å². The third kappa shape index (κ3) is 2.90. The maximum Gasteiger partial charge on any atom is 0.231 e. The quantitative estimate of drug-likeness (QED) is 0.888. The largest absolute Gasteiger partial charge is 0.335 e. The number of amides is 2. The van der Waals surface area contributed by atoms with Crippen molar-refractivity contribution in [1.29, 1.82) is 0 Å². The fraction of sp³-hybridized carbons (Fsp3) is 0.364. The highest BCUT2D eigenvalue weighted by atomic mass is 16.2. The minimum Gasteiger partial charge on any atom is -0.335 e. The maximum atomic E-state index is 13.4. The molecular weight excluding hydrogens is 324 g/mol. The molecule has 2 aliphatic rings. The molecule has 0 aliphatic carbocycles. The summed E-state index contributed by atoms with van der Waals surface area (Å²) in [5.74, 6) is -0.385. The SMILES string of the molecule is Cc1ccc([C@@H]2CCCN2C(=O)[C@H]2CC(=O)Nc3ccccc32)cc1C. The van der Waals surface area contributed by atoms with Gasteiger partial charge >= 0.3 is 0 Å². The summed E-state index contributed by atoms with van der Waals surface area (Å²) in [5.41, 5.74) is 5.42. The van der Waals surface area contributed by atoms with Crippen molar-refractivity contribution >= 4 is 17.5 Å². The van der Waals surface area contributed by atoms with E-state index >= 15 is 0 Å². The molecule has 0 bridgehead atoms. The van der Waals surface area contributed by atoms with E-state index in [2.05, 4.69) is 37.4 Å². The lowest BCUT2D eigenvalue weighted by atomic mass is 9.88. The van der Waals surface area contributed by atoms with Crippen molar-refractivity contribution in [3.05, 3.63) is 64.7 Å². The highest BCUT2D eigenvalue weighted by molar-refractivity contribution is 6.01. The lowest BCUT2D eigenvalue weighted by Crippen LogP contribution is -2.38. The second-order valence-electron chi connectivity index (χ2n) is 7.43. The first-order chi connectivity index (χ1) is 12.5. The molecule has 0 saturated carbocycles. The highest BCUT2D eigenvalue weighted by Gasteiger charge is 2.38. The average Bonchev–Trinajstić information content (AvgIpc) is 3.12. The molecule has 2 amide bonds. The molecule has 1 fully saturated rings. The zero-order valence-electron chi connectivity index (χ0n) is 15.3. The number of nitrogens with one attached hydrogen (secondary N) is 1. The molecule has 2 aromatic rings. The van der Waals surface area contributed by atoms with E-state index in [1.165, 1.54) is 16.7 Å². The van der Waals surface area contributed by atoms with Gasteiger partial charge in [-0.2, -0.15) is 0 Å². The molecule has 1 N–H and O–H groups in total. The minimum atomic E-state index is -0.382. The molecule has 4 heteroatoms. The number of nitrogens with zero attached hydrogens (tertiary/aromatic N) is 1. The van der Waals surface area contributed by atoms with Crippen LogP contribution in [0.5, 0.6) is 0 Å². The first kappa shape index (κ1) is 16.8. The van der Waals surface area contributed by atoms with Gasteiger partial charge < -0.3 is 10.2 Å². The Kier molecular flexibility index (Phi) is 4.27. The first-order valence-electron chi connectivity index (χ1n) is 9.31. The van der Waals surface area contributed by atoms with Crippen molar-refractivity contribution in [2.75, 3.05) is 11.9 Å². The molecule has 0 spiro atoms. The number of rotatable bonds is 2. The molecule has 134 valence electrons. The van der Waals surface area contributed by atoms with Gasteiger partial charge in [0, 0.05) is 18.7 Å². The number of fused-ring (bicyclic) bond motifs is 1. The third-order valence-electron chi connectivity index (χ3n) is 5.75. The van der Waals surface area contributed by atoms with E-state index in [1.807, 2.05) is 29.2 Å². The summed E-state index contributed by atoms with van der Waals surface area (Å²) in [5, 5.41) is 2.88. The topological polar surface area (TPSA) is 49.4 Å². The summed E-state index contributed by atoms with van der Waals surface area (Å²) in [6.45, 7) is 4.98. The Morgan fingerprint density at radius 3 is 2.73 bits per heavy atom. The molecule has 4 rings (SSSR count). The molecule has 0 aromatic heterocycles. The maximum absolute atomic E-state index is 13.4. The number of likely N-dealkylation sites (tertiary alicyclic amines) is 1. The minimum absolute atomic E-state index is 0.0769. The van der Waals surface area contributed by atoms with Crippen LogP contribution in [0.4, 0.5) is 5.69 Å². The fourth-order valence-electron chi connectivity index (χ4n) is 4.18. The van der Waals surface area contributed by atoms with Gasteiger partial charge in [-0.3, -0.25) is 9.59 Å². The Bertz CT molecular complexity index is 874. The van der Waals surface area contributed by atoms with E-state index in [0.29, 0.717) is 0 Å². The summed E-state index contributed by atoms with van der Waals surface area (Å²) in [6.07, 6.45) is 2.21. The van der Waals surface area contributed by atoms with Crippen LogP contribution in [0.25, 0.3) is 0 Å².